The minimum absolute atomic E-state index is 0.245. The lowest BCUT2D eigenvalue weighted by Gasteiger charge is -2.21. The number of rotatable bonds is 4. The second-order valence-electron chi connectivity index (χ2n) is 17.2. The van der Waals surface area contributed by atoms with Crippen LogP contribution in [0.2, 0.25) is 0 Å². The highest BCUT2D eigenvalue weighted by molar-refractivity contribution is 6.27. The van der Waals surface area contributed by atoms with Crippen molar-refractivity contribution in [3.63, 3.8) is 0 Å². The van der Waals surface area contributed by atoms with E-state index in [1.54, 1.807) is 0 Å². The number of fused-ring (bicyclic) bond motifs is 15. The number of hydrogen-bond donors (Lipinski definition) is 0. The van der Waals surface area contributed by atoms with Crippen molar-refractivity contribution in [2.24, 2.45) is 0 Å². The molecule has 13 rings (SSSR count). The van der Waals surface area contributed by atoms with Gasteiger partial charge in [-0.3, -0.25) is 0 Å². The fourth-order valence-electron chi connectivity index (χ4n) is 10.7. The van der Waals surface area contributed by atoms with Crippen molar-refractivity contribution in [2.45, 2.75) is 19.3 Å². The van der Waals surface area contributed by atoms with Crippen LogP contribution in [-0.4, -0.2) is 4.57 Å². The number of benzene rings is 10. The molecule has 0 spiro atoms. The van der Waals surface area contributed by atoms with Crippen LogP contribution in [0.3, 0.4) is 0 Å². The van der Waals surface area contributed by atoms with Gasteiger partial charge in [0.25, 0.3) is 0 Å². The summed E-state index contributed by atoms with van der Waals surface area (Å²) >= 11 is 0. The number of aromatic nitrogens is 1. The Morgan fingerprint density at radius 2 is 0.984 bits per heavy atom. The van der Waals surface area contributed by atoms with Crippen molar-refractivity contribution >= 4 is 65.3 Å². The van der Waals surface area contributed by atoms with Crippen molar-refractivity contribution in [3.8, 4) is 50.2 Å². The maximum atomic E-state index is 7.41. The molecule has 1 aliphatic carbocycles. The summed E-state index contributed by atoms with van der Waals surface area (Å²) in [7, 11) is 0. The Balaban J connectivity index is 1.09. The molecule has 12 aromatic rings. The molecule has 1 aliphatic rings. The zero-order chi connectivity index (χ0) is 40.4. The van der Waals surface area contributed by atoms with Crippen molar-refractivity contribution in [2.75, 3.05) is 0 Å². The zero-order valence-corrected chi connectivity index (χ0v) is 33.9. The Bertz CT molecular complexity index is 3710. The van der Waals surface area contributed by atoms with Crippen molar-refractivity contribution in [1.82, 2.24) is 4.57 Å². The van der Waals surface area contributed by atoms with Crippen molar-refractivity contribution in [1.29, 1.82) is 0 Å². The summed E-state index contributed by atoms with van der Waals surface area (Å²) in [5.74, 6) is 0. The van der Waals surface area contributed by atoms with Crippen LogP contribution < -0.4 is 0 Å². The van der Waals surface area contributed by atoms with E-state index >= 15 is 0 Å². The molecule has 0 fully saturated rings. The molecule has 0 radical (unpaired) electrons. The average Bonchev–Trinajstić information content (AvgIpc) is 3.95. The predicted molar refractivity (Wildman–Crippen MR) is 257 cm³/mol. The third-order valence-electron chi connectivity index (χ3n) is 13.5. The van der Waals surface area contributed by atoms with E-state index in [0.29, 0.717) is 0 Å². The Morgan fingerprint density at radius 3 is 1.72 bits per heavy atom. The van der Waals surface area contributed by atoms with Crippen LogP contribution in [0.5, 0.6) is 0 Å². The number of nitrogens with zero attached hydrogens (tertiary/aromatic N) is 1. The monoisotopic (exact) mass is 777 g/mol. The maximum absolute atomic E-state index is 7.41. The lowest BCUT2D eigenvalue weighted by atomic mass is 9.81. The smallest absolute Gasteiger partial charge is 0.160 e. The van der Waals surface area contributed by atoms with Crippen LogP contribution in [0.25, 0.3) is 115 Å². The topological polar surface area (TPSA) is 18.1 Å². The maximum Gasteiger partial charge on any atom is 0.160 e. The lowest BCUT2D eigenvalue weighted by Crippen LogP contribution is -2.15. The van der Waals surface area contributed by atoms with Gasteiger partial charge in [0.05, 0.1) is 11.0 Å². The van der Waals surface area contributed by atoms with E-state index in [-0.39, 0.29) is 5.41 Å². The van der Waals surface area contributed by atoms with E-state index in [1.807, 2.05) is 0 Å². The molecule has 0 saturated carbocycles. The van der Waals surface area contributed by atoms with E-state index in [1.165, 1.54) is 82.4 Å². The fraction of sp³-hybridized carbons (Fsp3) is 0.0508. The Hall–Kier alpha value is -7.68. The first-order valence-electron chi connectivity index (χ1n) is 21.3. The van der Waals surface area contributed by atoms with Gasteiger partial charge in [-0.15, -0.1) is 0 Å². The lowest BCUT2D eigenvalue weighted by molar-refractivity contribution is 0.621. The Morgan fingerprint density at radius 1 is 0.410 bits per heavy atom. The van der Waals surface area contributed by atoms with Gasteiger partial charge in [0.15, 0.2) is 5.58 Å². The summed E-state index contributed by atoms with van der Waals surface area (Å²) in [6, 6.07) is 73.4. The standard InChI is InChI=1S/C59H39NO/c1-59(2)51-30-24-38-18-9-11-22-45(38)53(51)49-28-26-47-48-27-29-50-54-46-23-12-10-19-39(46)25-31-52(54)60(56(50)58(48)61-57(47)55(49)59)44-21-13-20-40(35-44)43-33-41(36-14-5-3-6-15-36)32-42(34-43)37-16-7-4-8-17-37/h3-35H,1-2H3. The molecule has 0 N–H and O–H groups in total. The van der Waals surface area contributed by atoms with Gasteiger partial charge in [-0.1, -0.05) is 166 Å². The van der Waals surface area contributed by atoms with Gasteiger partial charge in [-0.25, -0.2) is 0 Å². The molecule has 2 nitrogen and oxygen atoms in total. The second kappa shape index (κ2) is 12.7. The summed E-state index contributed by atoms with van der Waals surface area (Å²) in [5.41, 5.74) is 17.3. The van der Waals surface area contributed by atoms with Gasteiger partial charge in [-0.2, -0.15) is 0 Å². The molecule has 2 aromatic heterocycles. The van der Waals surface area contributed by atoms with Crippen LogP contribution in [0.4, 0.5) is 0 Å². The van der Waals surface area contributed by atoms with E-state index in [0.717, 1.165) is 44.2 Å². The fourth-order valence-corrected chi connectivity index (χ4v) is 10.7. The molecule has 286 valence electrons. The minimum atomic E-state index is -0.245. The van der Waals surface area contributed by atoms with Gasteiger partial charge in [0, 0.05) is 38.2 Å². The second-order valence-corrected chi connectivity index (χ2v) is 17.2. The number of furan rings is 1. The molecule has 0 bridgehead atoms. The van der Waals surface area contributed by atoms with Gasteiger partial charge < -0.3 is 8.98 Å². The van der Waals surface area contributed by atoms with E-state index in [2.05, 4.69) is 219 Å². The van der Waals surface area contributed by atoms with Gasteiger partial charge in [-0.05, 0) is 120 Å². The number of hydrogen-bond acceptors (Lipinski definition) is 1. The molecule has 0 atom stereocenters. The third-order valence-corrected chi connectivity index (χ3v) is 13.5. The first-order chi connectivity index (χ1) is 30.0. The molecular weight excluding hydrogens is 739 g/mol. The first-order valence-corrected chi connectivity index (χ1v) is 21.3. The predicted octanol–water partition coefficient (Wildman–Crippen LogP) is 16.3. The largest absolute Gasteiger partial charge is 0.453 e. The summed E-state index contributed by atoms with van der Waals surface area (Å²) in [5, 5.41) is 9.73. The first kappa shape index (κ1) is 34.2. The molecule has 0 unspecified atom stereocenters. The highest BCUT2D eigenvalue weighted by atomic mass is 16.3. The van der Waals surface area contributed by atoms with Crippen molar-refractivity contribution < 1.29 is 4.42 Å². The molecule has 2 heteroatoms. The summed E-state index contributed by atoms with van der Waals surface area (Å²) < 4.78 is 9.87. The van der Waals surface area contributed by atoms with Gasteiger partial charge >= 0.3 is 0 Å². The van der Waals surface area contributed by atoms with Crippen LogP contribution in [0.1, 0.15) is 25.0 Å². The van der Waals surface area contributed by atoms with E-state index < -0.39 is 0 Å². The summed E-state index contributed by atoms with van der Waals surface area (Å²) in [6.45, 7) is 4.72. The van der Waals surface area contributed by atoms with E-state index in [9.17, 15) is 0 Å². The molecule has 2 heterocycles. The molecule has 10 aromatic carbocycles. The molecule has 0 amide bonds. The molecule has 61 heavy (non-hydrogen) atoms. The van der Waals surface area contributed by atoms with Gasteiger partial charge in [0.1, 0.15) is 5.58 Å². The average molecular weight is 778 g/mol. The molecule has 0 aliphatic heterocycles. The normalized spacial score (nSPS) is 13.2. The Kier molecular flexibility index (Phi) is 7.10. The highest BCUT2D eigenvalue weighted by Gasteiger charge is 2.39. The SMILES string of the molecule is CC1(C)c2ccc3ccccc3c2-c2ccc3c(oc4c3ccc3c5c6ccccc6ccc5n(-c5cccc(-c6cc(-c7ccccc7)cc(-c7ccccc7)c6)c5)c34)c21. The summed E-state index contributed by atoms with van der Waals surface area (Å²) in [6.07, 6.45) is 0. The van der Waals surface area contributed by atoms with E-state index in [4.69, 9.17) is 4.42 Å². The quantitative estimate of drug-likeness (QED) is 0.174. The third kappa shape index (κ3) is 4.91. The van der Waals surface area contributed by atoms with Gasteiger partial charge in [0.2, 0.25) is 0 Å². The molecular formula is C59H39NO. The Labute approximate surface area is 353 Å². The van der Waals surface area contributed by atoms with Crippen LogP contribution in [-0.2, 0) is 5.41 Å². The molecule has 0 saturated heterocycles. The van der Waals surface area contributed by atoms with Crippen molar-refractivity contribution in [3.05, 3.63) is 211 Å². The van der Waals surface area contributed by atoms with Crippen LogP contribution >= 0.6 is 0 Å². The van der Waals surface area contributed by atoms with Crippen LogP contribution in [0.15, 0.2) is 205 Å². The zero-order valence-electron chi connectivity index (χ0n) is 33.9. The summed E-state index contributed by atoms with van der Waals surface area (Å²) in [4.78, 5) is 0. The highest BCUT2D eigenvalue weighted by Crippen LogP contribution is 2.55. The minimum Gasteiger partial charge on any atom is -0.453 e. The van der Waals surface area contributed by atoms with Crippen LogP contribution in [0, 0.1) is 0 Å².